The van der Waals surface area contributed by atoms with Crippen molar-refractivity contribution in [1.82, 2.24) is 0 Å². The third kappa shape index (κ3) is 5.27. The highest BCUT2D eigenvalue weighted by Crippen LogP contribution is 2.42. The van der Waals surface area contributed by atoms with Crippen LogP contribution in [0.15, 0.2) is 18.2 Å². The largest absolute Gasteiger partial charge is 0.466 e. The molecule has 1 heterocycles. The predicted molar refractivity (Wildman–Crippen MR) is 121 cm³/mol. The summed E-state index contributed by atoms with van der Waals surface area (Å²) in [5, 5.41) is 0.151. The molecule has 0 bridgehead atoms. The molecule has 1 atom stereocenters. The number of esters is 1. The summed E-state index contributed by atoms with van der Waals surface area (Å²) in [4.78, 5) is 12.0. The van der Waals surface area contributed by atoms with Gasteiger partial charge >= 0.3 is 5.97 Å². The van der Waals surface area contributed by atoms with Crippen LogP contribution in [-0.4, -0.2) is 27.7 Å². The van der Waals surface area contributed by atoms with Crippen LogP contribution in [0.5, 0.6) is 11.5 Å². The van der Waals surface area contributed by atoms with Crippen LogP contribution >= 0.6 is 0 Å². The Hall–Kier alpha value is -1.79. The molecule has 0 N–H and O–H groups in total. The highest BCUT2D eigenvalue weighted by Gasteiger charge is 2.37. The lowest BCUT2D eigenvalue weighted by Gasteiger charge is -2.36. The fourth-order valence-electron chi connectivity index (χ4n) is 3.70. The maximum absolute atomic E-state index is 12.0. The van der Waals surface area contributed by atoms with Crippen molar-refractivity contribution in [3.8, 4) is 11.5 Å². The van der Waals surface area contributed by atoms with Crippen molar-refractivity contribution in [2.45, 2.75) is 78.1 Å². The first-order valence-corrected chi connectivity index (χ1v) is 13.9. The molecular formula is C24H36O5Si. The molecule has 0 amide bonds. The predicted octanol–water partition coefficient (Wildman–Crippen LogP) is 6.07. The van der Waals surface area contributed by atoms with Gasteiger partial charge in [-0.2, -0.15) is 0 Å². The number of carbonyl (C=O) groups is 1. The van der Waals surface area contributed by atoms with Gasteiger partial charge in [0.05, 0.1) is 19.6 Å². The van der Waals surface area contributed by atoms with Crippen LogP contribution in [-0.2, 0) is 20.6 Å². The van der Waals surface area contributed by atoms with Gasteiger partial charge in [0.25, 0.3) is 0 Å². The average molecular weight is 433 g/mol. The third-order valence-corrected chi connectivity index (χ3v) is 11.0. The van der Waals surface area contributed by atoms with Gasteiger partial charge in [-0.25, -0.2) is 0 Å². The summed E-state index contributed by atoms with van der Waals surface area (Å²) < 4.78 is 23.0. The zero-order valence-electron chi connectivity index (χ0n) is 19.3. The zero-order valence-corrected chi connectivity index (χ0v) is 20.3. The van der Waals surface area contributed by atoms with E-state index >= 15 is 0 Å². The van der Waals surface area contributed by atoms with Crippen molar-refractivity contribution >= 4 is 19.9 Å². The van der Waals surface area contributed by atoms with Crippen molar-refractivity contribution in [2.75, 3.05) is 13.4 Å². The maximum Gasteiger partial charge on any atom is 0.306 e. The van der Waals surface area contributed by atoms with Gasteiger partial charge in [-0.05, 0) is 79.1 Å². The summed E-state index contributed by atoms with van der Waals surface area (Å²) in [6.07, 6.45) is 5.77. The Morgan fingerprint density at radius 2 is 1.90 bits per heavy atom. The minimum absolute atomic E-state index is 0.118. The second-order valence-electron chi connectivity index (χ2n) is 9.76. The molecule has 6 heteroatoms. The average Bonchev–Trinajstić information content (AvgIpc) is 3.12. The molecule has 1 unspecified atom stereocenters. The molecule has 1 aliphatic heterocycles. The summed E-state index contributed by atoms with van der Waals surface area (Å²) in [6, 6.07) is 4.16. The van der Waals surface area contributed by atoms with Crippen LogP contribution in [0.3, 0.4) is 0 Å². The Morgan fingerprint density at radius 3 is 2.57 bits per heavy atom. The van der Waals surface area contributed by atoms with E-state index in [1.165, 1.54) is 5.57 Å². The van der Waals surface area contributed by atoms with Gasteiger partial charge < -0.3 is 18.6 Å². The lowest BCUT2D eigenvalue weighted by molar-refractivity contribution is -0.143. The number of carbonyl (C=O) groups excluding carboxylic acids is 1. The molecule has 3 rings (SSSR count). The zero-order chi connectivity index (χ0) is 21.9. The minimum atomic E-state index is -1.88. The molecule has 0 saturated carbocycles. The molecule has 0 saturated heterocycles. The van der Waals surface area contributed by atoms with Gasteiger partial charge in [0.2, 0.25) is 6.79 Å². The first kappa shape index (κ1) is 22.9. The monoisotopic (exact) mass is 432 g/mol. The lowest BCUT2D eigenvalue weighted by Crippen LogP contribution is -2.40. The number of fused-ring (bicyclic) bond motifs is 1. The van der Waals surface area contributed by atoms with E-state index in [0.29, 0.717) is 19.6 Å². The Balaban J connectivity index is 1.88. The summed E-state index contributed by atoms with van der Waals surface area (Å²) >= 11 is 0. The van der Waals surface area contributed by atoms with Gasteiger partial charge in [0.15, 0.2) is 19.8 Å². The number of allylic oxidation sites excluding steroid dienone is 2. The standard InChI is InChI=1S/C24H36O5Si/c1-7-26-23(25)12-17-9-8-10-18(11-17)20-14-22-21(27-16-28-22)13-19(20)15-29-30(5,6)24(2,3)4/h11,13-14,17H,7-10,12,15-16H2,1-6H3. The second-order valence-corrected chi connectivity index (χ2v) is 14.6. The maximum atomic E-state index is 12.0. The quantitative estimate of drug-likeness (QED) is 0.386. The molecule has 0 fully saturated rings. The minimum Gasteiger partial charge on any atom is -0.466 e. The van der Waals surface area contributed by atoms with Crippen molar-refractivity contribution in [1.29, 1.82) is 0 Å². The molecular weight excluding hydrogens is 396 g/mol. The second kappa shape index (κ2) is 9.14. The Labute approximate surface area is 181 Å². The first-order chi connectivity index (χ1) is 14.1. The van der Waals surface area contributed by atoms with Crippen LogP contribution in [0, 0.1) is 5.92 Å². The Morgan fingerprint density at radius 1 is 1.20 bits per heavy atom. The molecule has 0 radical (unpaired) electrons. The summed E-state index contributed by atoms with van der Waals surface area (Å²) in [7, 11) is -1.88. The highest BCUT2D eigenvalue weighted by molar-refractivity contribution is 6.74. The van der Waals surface area contributed by atoms with E-state index < -0.39 is 8.32 Å². The molecule has 2 aliphatic rings. The third-order valence-electron chi connectivity index (χ3n) is 6.53. The molecule has 5 nitrogen and oxygen atoms in total. The van der Waals surface area contributed by atoms with Crippen LogP contribution in [0.4, 0.5) is 0 Å². The SMILES string of the molecule is CCOC(=O)CC1C=C(c2cc3c(cc2CO[Si](C)(C)C(C)(C)C)OCO3)CCC1. The van der Waals surface area contributed by atoms with Crippen LogP contribution in [0.2, 0.25) is 18.1 Å². The topological polar surface area (TPSA) is 54.0 Å². The summed E-state index contributed by atoms with van der Waals surface area (Å²) in [5.74, 6) is 1.67. The van der Waals surface area contributed by atoms with Crippen molar-refractivity contribution < 1.29 is 23.4 Å². The van der Waals surface area contributed by atoms with Crippen LogP contribution < -0.4 is 9.47 Å². The summed E-state index contributed by atoms with van der Waals surface area (Å²) in [6.45, 7) is 14.4. The van der Waals surface area contributed by atoms with E-state index in [4.69, 9.17) is 18.6 Å². The van der Waals surface area contributed by atoms with Gasteiger partial charge in [-0.15, -0.1) is 0 Å². The molecule has 1 aliphatic carbocycles. The van der Waals surface area contributed by atoms with Gasteiger partial charge in [0.1, 0.15) is 0 Å². The Bertz CT molecular complexity index is 807. The molecule has 166 valence electrons. The van der Waals surface area contributed by atoms with Crippen molar-refractivity contribution in [3.63, 3.8) is 0 Å². The summed E-state index contributed by atoms with van der Waals surface area (Å²) in [5.41, 5.74) is 3.56. The number of benzene rings is 1. The number of rotatable bonds is 7. The van der Waals surface area contributed by atoms with Gasteiger partial charge in [0, 0.05) is 0 Å². The van der Waals surface area contributed by atoms with Gasteiger partial charge in [-0.3, -0.25) is 4.79 Å². The van der Waals surface area contributed by atoms with Gasteiger partial charge in [-0.1, -0.05) is 26.8 Å². The van der Waals surface area contributed by atoms with E-state index in [-0.39, 0.29) is 23.7 Å². The van der Waals surface area contributed by atoms with E-state index in [2.05, 4.69) is 52.1 Å². The molecule has 1 aromatic carbocycles. The van der Waals surface area contributed by atoms with Crippen LogP contribution in [0.1, 0.15) is 64.5 Å². The van der Waals surface area contributed by atoms with Crippen molar-refractivity contribution in [2.24, 2.45) is 5.92 Å². The van der Waals surface area contributed by atoms with E-state index in [1.807, 2.05) is 6.92 Å². The molecule has 1 aromatic rings. The lowest BCUT2D eigenvalue weighted by atomic mass is 9.84. The molecule has 0 aromatic heterocycles. The van der Waals surface area contributed by atoms with Crippen LogP contribution in [0.25, 0.3) is 5.57 Å². The molecule has 0 spiro atoms. The van der Waals surface area contributed by atoms with E-state index in [0.717, 1.165) is 41.9 Å². The normalized spacial score (nSPS) is 18.9. The molecule has 30 heavy (non-hydrogen) atoms. The fraction of sp³-hybridized carbons (Fsp3) is 0.625. The Kier molecular flexibility index (Phi) is 6.97. The fourth-order valence-corrected chi connectivity index (χ4v) is 4.65. The van der Waals surface area contributed by atoms with Crippen molar-refractivity contribution in [3.05, 3.63) is 29.3 Å². The van der Waals surface area contributed by atoms with E-state index in [1.54, 1.807) is 0 Å². The van der Waals surface area contributed by atoms with E-state index in [9.17, 15) is 4.79 Å². The number of ether oxygens (including phenoxy) is 3. The number of hydrogen-bond donors (Lipinski definition) is 0. The number of hydrogen-bond acceptors (Lipinski definition) is 5. The first-order valence-electron chi connectivity index (χ1n) is 11.0. The smallest absolute Gasteiger partial charge is 0.306 e. The highest BCUT2D eigenvalue weighted by atomic mass is 28.4.